The number of alkyl halides is 2. The van der Waals surface area contributed by atoms with Gasteiger partial charge in [-0.1, -0.05) is 6.07 Å². The zero-order valence-corrected chi connectivity index (χ0v) is 12.7. The van der Waals surface area contributed by atoms with Gasteiger partial charge in [0.25, 0.3) is 5.56 Å². The largest absolute Gasteiger partial charge is 0.465 e. The number of hydrogen-bond donors (Lipinski definition) is 1. The van der Waals surface area contributed by atoms with Crippen LogP contribution in [-0.2, 0) is 10.7 Å². The SMILES string of the molecule is COC(=O)c1cccc2c(=O)[nH]c(C(F)(F)c3ccc(F)cn3)nc12. The number of H-pyrrole nitrogens is 1. The summed E-state index contributed by atoms with van der Waals surface area (Å²) in [7, 11) is 1.12. The van der Waals surface area contributed by atoms with Gasteiger partial charge in [-0.3, -0.25) is 9.78 Å². The topological polar surface area (TPSA) is 84.9 Å². The van der Waals surface area contributed by atoms with Crippen molar-refractivity contribution < 1.29 is 22.7 Å². The first kappa shape index (κ1) is 16.6. The van der Waals surface area contributed by atoms with Crippen LogP contribution in [0.5, 0.6) is 0 Å². The van der Waals surface area contributed by atoms with Crippen molar-refractivity contribution in [3.63, 3.8) is 0 Å². The Balaban J connectivity index is 2.25. The summed E-state index contributed by atoms with van der Waals surface area (Å²) in [5.74, 6) is -6.42. The van der Waals surface area contributed by atoms with E-state index in [2.05, 4.69) is 14.7 Å². The quantitative estimate of drug-likeness (QED) is 0.734. The van der Waals surface area contributed by atoms with Crippen LogP contribution in [0.15, 0.2) is 41.3 Å². The molecule has 0 aliphatic heterocycles. The molecule has 0 saturated heterocycles. The van der Waals surface area contributed by atoms with Gasteiger partial charge < -0.3 is 9.72 Å². The molecule has 0 aliphatic carbocycles. The van der Waals surface area contributed by atoms with E-state index < -0.39 is 34.8 Å². The number of fused-ring (bicyclic) bond motifs is 1. The Morgan fingerprint density at radius 2 is 2.00 bits per heavy atom. The molecule has 0 bridgehead atoms. The van der Waals surface area contributed by atoms with Crippen LogP contribution < -0.4 is 5.56 Å². The number of nitrogens with one attached hydrogen (secondary N) is 1. The van der Waals surface area contributed by atoms with Gasteiger partial charge in [-0.2, -0.15) is 8.78 Å². The maximum atomic E-state index is 14.6. The van der Waals surface area contributed by atoms with Gasteiger partial charge in [0.1, 0.15) is 11.5 Å². The number of esters is 1. The lowest BCUT2D eigenvalue weighted by atomic mass is 10.1. The number of benzene rings is 1. The van der Waals surface area contributed by atoms with Gasteiger partial charge in [-0.25, -0.2) is 14.2 Å². The maximum absolute atomic E-state index is 14.6. The molecule has 2 aromatic heterocycles. The van der Waals surface area contributed by atoms with Gasteiger partial charge in [0.05, 0.1) is 29.8 Å². The van der Waals surface area contributed by atoms with Gasteiger partial charge in [-0.05, 0) is 24.3 Å². The maximum Gasteiger partial charge on any atom is 0.346 e. The fourth-order valence-electron chi connectivity index (χ4n) is 2.27. The summed E-state index contributed by atoms with van der Waals surface area (Å²) in [5, 5.41) is -0.0467. The number of aromatic nitrogens is 3. The second-order valence-electron chi connectivity index (χ2n) is 5.04. The summed E-state index contributed by atoms with van der Waals surface area (Å²) >= 11 is 0. The van der Waals surface area contributed by atoms with Crippen LogP contribution in [0.3, 0.4) is 0 Å². The highest BCUT2D eigenvalue weighted by Gasteiger charge is 2.39. The number of nitrogens with zero attached hydrogens (tertiary/aromatic N) is 2. The summed E-state index contributed by atoms with van der Waals surface area (Å²) in [6.45, 7) is 0. The lowest BCUT2D eigenvalue weighted by molar-refractivity contribution is 0.0280. The molecular formula is C16H10F3N3O3. The van der Waals surface area contributed by atoms with Crippen LogP contribution in [0.1, 0.15) is 21.9 Å². The van der Waals surface area contributed by atoms with E-state index in [-0.39, 0.29) is 16.5 Å². The number of pyridine rings is 1. The molecule has 0 atom stereocenters. The number of carbonyl (C=O) groups excluding carboxylic acids is 1. The standard InChI is InChI=1S/C16H10F3N3O3/c1-25-14(24)10-4-2-3-9-12(10)21-15(22-13(9)23)16(18,19)11-6-5-8(17)7-20-11/h2-7H,1H3,(H,21,22,23). The molecule has 2 heterocycles. The van der Waals surface area contributed by atoms with Crippen molar-refractivity contribution in [2.24, 2.45) is 0 Å². The second kappa shape index (κ2) is 6.00. The van der Waals surface area contributed by atoms with Crippen molar-refractivity contribution in [2.75, 3.05) is 7.11 Å². The molecule has 0 amide bonds. The van der Waals surface area contributed by atoms with Crippen molar-refractivity contribution in [3.8, 4) is 0 Å². The van der Waals surface area contributed by atoms with Gasteiger partial charge in [0.15, 0.2) is 5.82 Å². The van der Waals surface area contributed by atoms with E-state index in [1.807, 2.05) is 4.98 Å². The second-order valence-corrected chi connectivity index (χ2v) is 5.04. The Kier molecular flexibility index (Phi) is 3.99. The summed E-state index contributed by atoms with van der Waals surface area (Å²) in [4.78, 5) is 33.0. The third-order valence-corrected chi connectivity index (χ3v) is 3.49. The molecule has 1 aromatic carbocycles. The molecule has 6 nitrogen and oxygen atoms in total. The van der Waals surface area contributed by atoms with Crippen LogP contribution in [0.4, 0.5) is 13.2 Å². The van der Waals surface area contributed by atoms with Crippen LogP contribution in [0.2, 0.25) is 0 Å². The van der Waals surface area contributed by atoms with Crippen LogP contribution >= 0.6 is 0 Å². The molecule has 0 fully saturated rings. The fraction of sp³-hybridized carbons (Fsp3) is 0.125. The van der Waals surface area contributed by atoms with Crippen molar-refractivity contribution in [2.45, 2.75) is 5.92 Å². The number of carbonyl (C=O) groups is 1. The predicted molar refractivity (Wildman–Crippen MR) is 80.9 cm³/mol. The highest BCUT2D eigenvalue weighted by atomic mass is 19.3. The van der Waals surface area contributed by atoms with E-state index in [1.54, 1.807) is 0 Å². The average molecular weight is 349 g/mol. The van der Waals surface area contributed by atoms with E-state index >= 15 is 0 Å². The third kappa shape index (κ3) is 2.84. The number of hydrogen-bond acceptors (Lipinski definition) is 5. The lowest BCUT2D eigenvalue weighted by Crippen LogP contribution is -2.25. The number of methoxy groups -OCH3 is 1. The smallest absolute Gasteiger partial charge is 0.346 e. The summed E-state index contributed by atoms with van der Waals surface area (Å²) in [6.07, 6.45) is 0.627. The van der Waals surface area contributed by atoms with Crippen LogP contribution in [0.25, 0.3) is 10.9 Å². The Bertz CT molecular complexity index is 1020. The first-order chi connectivity index (χ1) is 11.8. The van der Waals surface area contributed by atoms with E-state index in [0.717, 1.165) is 19.2 Å². The molecule has 3 rings (SSSR count). The number of halogens is 3. The highest BCUT2D eigenvalue weighted by molar-refractivity contribution is 6.02. The Morgan fingerprint density at radius 1 is 1.24 bits per heavy atom. The Morgan fingerprint density at radius 3 is 2.64 bits per heavy atom. The fourth-order valence-corrected chi connectivity index (χ4v) is 2.27. The molecule has 9 heteroatoms. The minimum absolute atomic E-state index is 0.0467. The number of ether oxygens (including phenoxy) is 1. The highest BCUT2D eigenvalue weighted by Crippen LogP contribution is 2.32. The van der Waals surface area contributed by atoms with Crippen molar-refractivity contribution in [1.82, 2.24) is 15.0 Å². The normalized spacial score (nSPS) is 11.5. The van der Waals surface area contributed by atoms with E-state index in [0.29, 0.717) is 6.20 Å². The molecule has 0 unspecified atom stereocenters. The minimum Gasteiger partial charge on any atom is -0.465 e. The predicted octanol–water partition coefficient (Wildman–Crippen LogP) is 2.38. The van der Waals surface area contributed by atoms with E-state index in [4.69, 9.17) is 0 Å². The Labute approximate surface area is 138 Å². The van der Waals surface area contributed by atoms with Gasteiger partial charge in [0, 0.05) is 0 Å². The molecule has 3 aromatic rings. The summed E-state index contributed by atoms with van der Waals surface area (Å²) in [5.41, 5.74) is -2.01. The zero-order chi connectivity index (χ0) is 18.2. The van der Waals surface area contributed by atoms with Crippen molar-refractivity contribution in [1.29, 1.82) is 0 Å². The number of aromatic amines is 1. The summed E-state index contributed by atoms with van der Waals surface area (Å²) in [6, 6.07) is 5.65. The molecule has 0 saturated carbocycles. The first-order valence-corrected chi connectivity index (χ1v) is 6.96. The van der Waals surface area contributed by atoms with E-state index in [1.165, 1.54) is 18.2 Å². The monoisotopic (exact) mass is 349 g/mol. The molecule has 25 heavy (non-hydrogen) atoms. The molecular weight excluding hydrogens is 339 g/mol. The first-order valence-electron chi connectivity index (χ1n) is 6.96. The van der Waals surface area contributed by atoms with E-state index in [9.17, 15) is 22.8 Å². The zero-order valence-electron chi connectivity index (χ0n) is 12.7. The van der Waals surface area contributed by atoms with Gasteiger partial charge in [0.2, 0.25) is 0 Å². The average Bonchev–Trinajstić information content (AvgIpc) is 2.61. The molecule has 128 valence electrons. The Hall–Kier alpha value is -3.23. The summed E-state index contributed by atoms with van der Waals surface area (Å²) < 4.78 is 46.7. The van der Waals surface area contributed by atoms with Crippen LogP contribution in [0, 0.1) is 5.82 Å². The molecule has 0 radical (unpaired) electrons. The van der Waals surface area contributed by atoms with Gasteiger partial charge >= 0.3 is 11.9 Å². The lowest BCUT2D eigenvalue weighted by Gasteiger charge is -2.15. The number of rotatable bonds is 3. The van der Waals surface area contributed by atoms with Crippen LogP contribution in [-0.4, -0.2) is 28.0 Å². The minimum atomic E-state index is -3.80. The number of para-hydroxylation sites is 1. The van der Waals surface area contributed by atoms with Crippen molar-refractivity contribution in [3.05, 3.63) is 69.8 Å². The third-order valence-electron chi connectivity index (χ3n) is 3.49. The van der Waals surface area contributed by atoms with Crippen molar-refractivity contribution >= 4 is 16.9 Å². The molecule has 1 N–H and O–H groups in total. The molecule has 0 aliphatic rings. The molecule has 0 spiro atoms. The van der Waals surface area contributed by atoms with Gasteiger partial charge in [-0.15, -0.1) is 0 Å².